The van der Waals surface area contributed by atoms with E-state index in [9.17, 15) is 9.59 Å². The summed E-state index contributed by atoms with van der Waals surface area (Å²) in [6.45, 7) is 4.95. The summed E-state index contributed by atoms with van der Waals surface area (Å²) < 4.78 is 0. The van der Waals surface area contributed by atoms with Crippen molar-refractivity contribution in [3.05, 3.63) is 106 Å². The highest BCUT2D eigenvalue weighted by Crippen LogP contribution is 2.23. The molecular weight excluding hydrogens is 467 g/mol. The molecule has 0 aromatic heterocycles. The van der Waals surface area contributed by atoms with Crippen molar-refractivity contribution in [3.8, 4) is 0 Å². The van der Waals surface area contributed by atoms with Gasteiger partial charge in [-0.2, -0.15) is 0 Å². The van der Waals surface area contributed by atoms with Gasteiger partial charge in [0.05, 0.1) is 6.42 Å². The fourth-order valence-corrected chi connectivity index (χ4v) is 4.16. The molecule has 1 atom stereocenters. The van der Waals surface area contributed by atoms with Crippen LogP contribution in [0.1, 0.15) is 30.5 Å². The fraction of sp³-hybridized carbons (Fsp3) is 0.286. The molecule has 2 amide bonds. The van der Waals surface area contributed by atoms with E-state index in [1.54, 1.807) is 23.1 Å². The zero-order valence-corrected chi connectivity index (χ0v) is 21.0. The van der Waals surface area contributed by atoms with Crippen LogP contribution in [0.2, 0.25) is 10.0 Å². The molecule has 0 aliphatic rings. The number of amides is 2. The van der Waals surface area contributed by atoms with Gasteiger partial charge in [-0.3, -0.25) is 9.59 Å². The number of benzene rings is 3. The molecule has 0 aliphatic carbocycles. The lowest BCUT2D eigenvalue weighted by molar-refractivity contribution is -0.140. The molecule has 3 rings (SSSR count). The maximum Gasteiger partial charge on any atom is 0.243 e. The van der Waals surface area contributed by atoms with Gasteiger partial charge < -0.3 is 10.2 Å². The van der Waals surface area contributed by atoms with Crippen LogP contribution in [0.15, 0.2) is 78.9 Å². The molecule has 0 bridgehead atoms. The summed E-state index contributed by atoms with van der Waals surface area (Å²) in [5.74, 6) is -0.0368. The smallest absolute Gasteiger partial charge is 0.243 e. The van der Waals surface area contributed by atoms with Crippen molar-refractivity contribution in [1.29, 1.82) is 0 Å². The monoisotopic (exact) mass is 496 g/mol. The molecule has 3 aromatic carbocycles. The highest BCUT2D eigenvalue weighted by molar-refractivity contribution is 6.35. The highest BCUT2D eigenvalue weighted by Gasteiger charge is 2.30. The minimum atomic E-state index is -0.667. The third-order valence-electron chi connectivity index (χ3n) is 5.51. The van der Waals surface area contributed by atoms with Gasteiger partial charge in [0, 0.05) is 29.6 Å². The largest absolute Gasteiger partial charge is 0.354 e. The molecule has 0 aliphatic heterocycles. The van der Waals surface area contributed by atoms with E-state index in [-0.39, 0.29) is 18.2 Å². The Morgan fingerprint density at radius 3 is 2.09 bits per heavy atom. The van der Waals surface area contributed by atoms with Crippen molar-refractivity contribution >= 4 is 35.0 Å². The van der Waals surface area contributed by atoms with Crippen molar-refractivity contribution in [3.63, 3.8) is 0 Å². The molecule has 0 heterocycles. The molecule has 0 saturated carbocycles. The van der Waals surface area contributed by atoms with E-state index in [0.717, 1.165) is 11.1 Å². The zero-order chi connectivity index (χ0) is 24.5. The van der Waals surface area contributed by atoms with E-state index in [1.165, 1.54) is 0 Å². The normalized spacial score (nSPS) is 11.8. The molecule has 1 N–H and O–H groups in total. The van der Waals surface area contributed by atoms with Gasteiger partial charge in [-0.05, 0) is 34.7 Å². The van der Waals surface area contributed by atoms with Gasteiger partial charge >= 0.3 is 0 Å². The average Bonchev–Trinajstić information content (AvgIpc) is 2.82. The van der Waals surface area contributed by atoms with Crippen molar-refractivity contribution in [1.82, 2.24) is 10.2 Å². The van der Waals surface area contributed by atoms with Gasteiger partial charge in [0.15, 0.2) is 0 Å². The number of nitrogens with one attached hydrogen (secondary N) is 1. The van der Waals surface area contributed by atoms with Crippen LogP contribution in [-0.4, -0.2) is 29.3 Å². The minimum absolute atomic E-state index is 0.0750. The Bertz CT molecular complexity index is 1090. The second-order valence-corrected chi connectivity index (χ2v) is 9.61. The summed E-state index contributed by atoms with van der Waals surface area (Å²) >= 11 is 12.4. The second kappa shape index (κ2) is 12.6. The topological polar surface area (TPSA) is 49.4 Å². The number of carbonyl (C=O) groups is 2. The van der Waals surface area contributed by atoms with Crippen LogP contribution in [0.3, 0.4) is 0 Å². The Labute approximate surface area is 211 Å². The van der Waals surface area contributed by atoms with E-state index in [1.807, 2.05) is 74.5 Å². The lowest BCUT2D eigenvalue weighted by atomic mass is 10.0. The Hall–Kier alpha value is -2.82. The van der Waals surface area contributed by atoms with Crippen LogP contribution < -0.4 is 5.32 Å². The van der Waals surface area contributed by atoms with Crippen LogP contribution in [0.25, 0.3) is 0 Å². The standard InChI is InChI=1S/C28H30Cl2N2O2/c1-20(2)18-31-28(34)26(15-21-9-5-3-6-10-21)32(19-22-11-7-4-8-12-22)27(33)16-23-13-14-24(29)17-25(23)30/h3-14,17,20,26H,15-16,18-19H2,1-2H3,(H,31,34)/t26-/m0/s1. The van der Waals surface area contributed by atoms with Crippen molar-refractivity contribution in [2.45, 2.75) is 39.3 Å². The number of nitrogens with zero attached hydrogens (tertiary/aromatic N) is 1. The van der Waals surface area contributed by atoms with Crippen LogP contribution in [0.4, 0.5) is 0 Å². The molecule has 0 saturated heterocycles. The molecule has 178 valence electrons. The number of hydrogen-bond acceptors (Lipinski definition) is 2. The van der Waals surface area contributed by atoms with E-state index in [2.05, 4.69) is 5.32 Å². The van der Waals surface area contributed by atoms with Gasteiger partial charge in [-0.25, -0.2) is 0 Å². The van der Waals surface area contributed by atoms with Crippen LogP contribution in [0.5, 0.6) is 0 Å². The number of rotatable bonds is 10. The lowest BCUT2D eigenvalue weighted by Crippen LogP contribution is -2.51. The second-order valence-electron chi connectivity index (χ2n) is 8.76. The fourth-order valence-electron chi connectivity index (χ4n) is 3.69. The van der Waals surface area contributed by atoms with Gasteiger partial charge in [0.2, 0.25) is 11.8 Å². The minimum Gasteiger partial charge on any atom is -0.354 e. The Morgan fingerprint density at radius 1 is 0.882 bits per heavy atom. The predicted octanol–water partition coefficient (Wildman–Crippen LogP) is 5.95. The average molecular weight is 497 g/mol. The summed E-state index contributed by atoms with van der Waals surface area (Å²) in [5, 5.41) is 3.98. The maximum absolute atomic E-state index is 13.7. The van der Waals surface area contributed by atoms with Gasteiger partial charge in [0.25, 0.3) is 0 Å². The highest BCUT2D eigenvalue weighted by atomic mass is 35.5. The van der Waals surface area contributed by atoms with Crippen molar-refractivity contribution in [2.75, 3.05) is 6.54 Å². The van der Waals surface area contributed by atoms with E-state index in [4.69, 9.17) is 23.2 Å². The van der Waals surface area contributed by atoms with Gasteiger partial charge in [-0.1, -0.05) is 104 Å². The molecule has 4 nitrogen and oxygen atoms in total. The Kier molecular flexibility index (Phi) is 9.55. The molecule has 0 fully saturated rings. The quantitative estimate of drug-likeness (QED) is 0.377. The first-order chi connectivity index (χ1) is 16.3. The number of carbonyl (C=O) groups excluding carboxylic acids is 2. The maximum atomic E-state index is 13.7. The lowest BCUT2D eigenvalue weighted by Gasteiger charge is -2.32. The third-order valence-corrected chi connectivity index (χ3v) is 6.10. The van der Waals surface area contributed by atoms with Crippen LogP contribution in [0, 0.1) is 5.92 Å². The number of hydrogen-bond donors (Lipinski definition) is 1. The Balaban J connectivity index is 1.95. The zero-order valence-electron chi connectivity index (χ0n) is 19.5. The molecular formula is C28H30Cl2N2O2. The van der Waals surface area contributed by atoms with Gasteiger partial charge in [0.1, 0.15) is 6.04 Å². The van der Waals surface area contributed by atoms with Crippen molar-refractivity contribution in [2.24, 2.45) is 5.92 Å². The van der Waals surface area contributed by atoms with Crippen LogP contribution in [-0.2, 0) is 29.0 Å². The first-order valence-corrected chi connectivity index (χ1v) is 12.2. The van der Waals surface area contributed by atoms with E-state index in [0.29, 0.717) is 41.0 Å². The first kappa shape index (κ1) is 25.8. The summed E-state index contributed by atoms with van der Waals surface area (Å²) in [7, 11) is 0. The van der Waals surface area contributed by atoms with Crippen molar-refractivity contribution < 1.29 is 9.59 Å². The first-order valence-electron chi connectivity index (χ1n) is 11.4. The summed E-state index contributed by atoms with van der Waals surface area (Å²) in [6, 6.07) is 23.9. The third kappa shape index (κ3) is 7.61. The summed E-state index contributed by atoms with van der Waals surface area (Å²) in [4.78, 5) is 28.8. The van der Waals surface area contributed by atoms with Crippen LogP contribution >= 0.6 is 23.2 Å². The molecule has 0 unspecified atom stereocenters. The number of halogens is 2. The van der Waals surface area contributed by atoms with Gasteiger partial charge in [-0.15, -0.1) is 0 Å². The summed E-state index contributed by atoms with van der Waals surface area (Å²) in [6.07, 6.45) is 0.489. The Morgan fingerprint density at radius 2 is 1.50 bits per heavy atom. The predicted molar refractivity (Wildman–Crippen MR) is 139 cm³/mol. The molecule has 34 heavy (non-hydrogen) atoms. The molecule has 3 aromatic rings. The molecule has 0 spiro atoms. The van der Waals surface area contributed by atoms with E-state index < -0.39 is 6.04 Å². The molecule has 6 heteroatoms. The molecule has 0 radical (unpaired) electrons. The SMILES string of the molecule is CC(C)CNC(=O)[C@H](Cc1ccccc1)N(Cc1ccccc1)C(=O)Cc1ccc(Cl)cc1Cl. The summed E-state index contributed by atoms with van der Waals surface area (Å²) in [5.41, 5.74) is 2.62. The van der Waals surface area contributed by atoms with E-state index >= 15 is 0 Å².